The minimum Gasteiger partial charge on any atom is -0.497 e. The summed E-state index contributed by atoms with van der Waals surface area (Å²) in [5.74, 6) is 0.962. The van der Waals surface area contributed by atoms with Gasteiger partial charge in [-0.2, -0.15) is 0 Å². The van der Waals surface area contributed by atoms with Gasteiger partial charge in [0.2, 0.25) is 0 Å². The highest BCUT2D eigenvalue weighted by molar-refractivity contribution is 5.94. The molecule has 2 aromatic carbocycles. The number of hydrogen-bond donors (Lipinski definition) is 1. The van der Waals surface area contributed by atoms with E-state index in [-0.39, 0.29) is 11.9 Å². The standard InChI is InChI=1S/C23H28N2O2/c1-27-22-12-10-17(11-13-22)16-25-20-8-5-9-21(25)15-19(14-20)24-23(26)18-6-3-2-4-7-18/h2-4,6-7,10-13,19-21H,5,8-9,14-16H2,1H3,(H,24,26). The molecule has 2 aromatic rings. The first-order valence-electron chi connectivity index (χ1n) is 9.97. The van der Waals surface area contributed by atoms with Crippen molar-refractivity contribution >= 4 is 5.91 Å². The third-order valence-corrected chi connectivity index (χ3v) is 6.02. The first-order valence-corrected chi connectivity index (χ1v) is 9.97. The smallest absolute Gasteiger partial charge is 0.251 e. The van der Waals surface area contributed by atoms with E-state index < -0.39 is 0 Å². The number of ether oxygens (including phenoxy) is 1. The van der Waals surface area contributed by atoms with Crippen LogP contribution in [0.2, 0.25) is 0 Å². The van der Waals surface area contributed by atoms with Crippen LogP contribution in [0.3, 0.4) is 0 Å². The van der Waals surface area contributed by atoms with Crippen LogP contribution in [0.5, 0.6) is 5.75 Å². The molecule has 27 heavy (non-hydrogen) atoms. The fourth-order valence-corrected chi connectivity index (χ4v) is 4.65. The monoisotopic (exact) mass is 364 g/mol. The van der Waals surface area contributed by atoms with Gasteiger partial charge in [-0.3, -0.25) is 9.69 Å². The van der Waals surface area contributed by atoms with E-state index in [4.69, 9.17) is 4.74 Å². The van der Waals surface area contributed by atoms with Gasteiger partial charge >= 0.3 is 0 Å². The van der Waals surface area contributed by atoms with Crippen LogP contribution in [0, 0.1) is 0 Å². The molecule has 2 aliphatic rings. The molecule has 2 atom stereocenters. The second-order valence-electron chi connectivity index (χ2n) is 7.77. The van der Waals surface area contributed by atoms with Crippen LogP contribution < -0.4 is 10.1 Å². The number of fused-ring (bicyclic) bond motifs is 2. The maximum Gasteiger partial charge on any atom is 0.251 e. The zero-order chi connectivity index (χ0) is 18.6. The quantitative estimate of drug-likeness (QED) is 0.872. The summed E-state index contributed by atoms with van der Waals surface area (Å²) < 4.78 is 5.27. The summed E-state index contributed by atoms with van der Waals surface area (Å²) in [5, 5.41) is 3.28. The van der Waals surface area contributed by atoms with Crippen molar-refractivity contribution < 1.29 is 9.53 Å². The highest BCUT2D eigenvalue weighted by atomic mass is 16.5. The van der Waals surface area contributed by atoms with Crippen LogP contribution in [0.1, 0.15) is 48.0 Å². The van der Waals surface area contributed by atoms with Crippen molar-refractivity contribution in [2.75, 3.05) is 7.11 Å². The number of carbonyl (C=O) groups excluding carboxylic acids is 1. The van der Waals surface area contributed by atoms with Gasteiger partial charge in [-0.05, 0) is 55.5 Å². The van der Waals surface area contributed by atoms with Gasteiger partial charge in [0.25, 0.3) is 5.91 Å². The zero-order valence-corrected chi connectivity index (χ0v) is 15.9. The minimum absolute atomic E-state index is 0.0577. The van der Waals surface area contributed by atoms with Gasteiger partial charge in [-0.15, -0.1) is 0 Å². The molecule has 2 aliphatic heterocycles. The van der Waals surface area contributed by atoms with Crippen molar-refractivity contribution in [3.8, 4) is 5.75 Å². The molecule has 2 unspecified atom stereocenters. The number of methoxy groups -OCH3 is 1. The molecule has 2 heterocycles. The van der Waals surface area contributed by atoms with Gasteiger partial charge in [0, 0.05) is 30.2 Å². The van der Waals surface area contributed by atoms with Crippen molar-refractivity contribution in [3.05, 3.63) is 65.7 Å². The van der Waals surface area contributed by atoms with Crippen LogP contribution in [-0.4, -0.2) is 36.0 Å². The summed E-state index contributed by atoms with van der Waals surface area (Å²) in [7, 11) is 1.70. The Kier molecular flexibility index (Phi) is 5.44. The van der Waals surface area contributed by atoms with E-state index in [1.165, 1.54) is 24.8 Å². The maximum absolute atomic E-state index is 12.5. The number of benzene rings is 2. The molecule has 0 saturated carbocycles. The number of nitrogens with zero attached hydrogens (tertiary/aromatic N) is 1. The van der Waals surface area contributed by atoms with Crippen LogP contribution in [0.4, 0.5) is 0 Å². The molecule has 4 rings (SSSR count). The SMILES string of the molecule is COc1ccc(CN2C3CCCC2CC(NC(=O)c2ccccc2)C3)cc1. The van der Waals surface area contributed by atoms with Gasteiger partial charge in [0.1, 0.15) is 5.75 Å². The Morgan fingerprint density at radius 2 is 1.70 bits per heavy atom. The average Bonchev–Trinajstić information content (AvgIpc) is 2.70. The molecule has 0 aliphatic carbocycles. The second kappa shape index (κ2) is 8.13. The molecule has 2 saturated heterocycles. The van der Waals surface area contributed by atoms with E-state index in [0.29, 0.717) is 12.1 Å². The van der Waals surface area contributed by atoms with Gasteiger partial charge in [-0.25, -0.2) is 0 Å². The van der Waals surface area contributed by atoms with Crippen molar-refractivity contribution in [1.82, 2.24) is 10.2 Å². The minimum atomic E-state index is 0.0577. The van der Waals surface area contributed by atoms with E-state index in [9.17, 15) is 4.79 Å². The Balaban J connectivity index is 1.40. The Morgan fingerprint density at radius 3 is 2.33 bits per heavy atom. The predicted octanol–water partition coefficient (Wildman–Crippen LogP) is 4.01. The van der Waals surface area contributed by atoms with E-state index >= 15 is 0 Å². The maximum atomic E-state index is 12.5. The Labute approximate surface area is 161 Å². The molecule has 0 aromatic heterocycles. The lowest BCUT2D eigenvalue weighted by Crippen LogP contribution is -2.56. The third-order valence-electron chi connectivity index (χ3n) is 6.02. The van der Waals surface area contributed by atoms with Crippen LogP contribution >= 0.6 is 0 Å². The molecule has 4 heteroatoms. The van der Waals surface area contributed by atoms with E-state index in [1.54, 1.807) is 7.11 Å². The van der Waals surface area contributed by atoms with Crippen LogP contribution in [-0.2, 0) is 6.54 Å². The fraction of sp³-hybridized carbons (Fsp3) is 0.435. The summed E-state index contributed by atoms with van der Waals surface area (Å²) in [5.41, 5.74) is 2.09. The highest BCUT2D eigenvalue weighted by Gasteiger charge is 2.38. The highest BCUT2D eigenvalue weighted by Crippen LogP contribution is 2.35. The van der Waals surface area contributed by atoms with E-state index in [2.05, 4.69) is 22.3 Å². The van der Waals surface area contributed by atoms with Gasteiger partial charge in [0.05, 0.1) is 7.11 Å². The van der Waals surface area contributed by atoms with E-state index in [0.717, 1.165) is 30.7 Å². The predicted molar refractivity (Wildman–Crippen MR) is 107 cm³/mol. The first kappa shape index (κ1) is 18.1. The van der Waals surface area contributed by atoms with Crippen LogP contribution in [0.15, 0.2) is 54.6 Å². The zero-order valence-electron chi connectivity index (χ0n) is 15.9. The number of amides is 1. The normalized spacial score (nSPS) is 25.0. The third kappa shape index (κ3) is 4.16. The molecule has 4 nitrogen and oxygen atoms in total. The Hall–Kier alpha value is -2.33. The lowest BCUT2D eigenvalue weighted by atomic mass is 9.81. The molecule has 0 radical (unpaired) electrons. The Bertz CT molecular complexity index is 746. The summed E-state index contributed by atoms with van der Waals surface area (Å²) in [4.78, 5) is 15.2. The number of hydrogen-bond acceptors (Lipinski definition) is 3. The lowest BCUT2D eigenvalue weighted by Gasteiger charge is -2.49. The first-order chi connectivity index (χ1) is 13.2. The number of rotatable bonds is 5. The summed E-state index contributed by atoms with van der Waals surface area (Å²) in [6, 6.07) is 19.3. The topological polar surface area (TPSA) is 41.6 Å². The van der Waals surface area contributed by atoms with Crippen molar-refractivity contribution in [2.45, 2.75) is 56.8 Å². The number of piperidine rings is 2. The molecule has 0 spiro atoms. The summed E-state index contributed by atoms with van der Waals surface area (Å²) in [6.07, 6.45) is 5.85. The van der Waals surface area contributed by atoms with Crippen molar-refractivity contribution in [2.24, 2.45) is 0 Å². The lowest BCUT2D eigenvalue weighted by molar-refractivity contribution is 0.0177. The number of carbonyl (C=O) groups is 1. The van der Waals surface area contributed by atoms with Crippen molar-refractivity contribution in [3.63, 3.8) is 0 Å². The molecule has 2 bridgehead atoms. The fourth-order valence-electron chi connectivity index (χ4n) is 4.65. The van der Waals surface area contributed by atoms with Crippen LogP contribution in [0.25, 0.3) is 0 Å². The summed E-state index contributed by atoms with van der Waals surface area (Å²) in [6.45, 7) is 0.985. The molecule has 142 valence electrons. The number of nitrogens with one attached hydrogen (secondary N) is 1. The Morgan fingerprint density at radius 1 is 1.04 bits per heavy atom. The average molecular weight is 364 g/mol. The van der Waals surface area contributed by atoms with E-state index in [1.807, 2.05) is 42.5 Å². The largest absolute Gasteiger partial charge is 0.497 e. The molecule has 2 fully saturated rings. The van der Waals surface area contributed by atoms with Gasteiger partial charge < -0.3 is 10.1 Å². The molecule has 1 amide bonds. The summed E-state index contributed by atoms with van der Waals surface area (Å²) >= 11 is 0. The molecule has 1 N–H and O–H groups in total. The second-order valence-corrected chi connectivity index (χ2v) is 7.77. The van der Waals surface area contributed by atoms with Gasteiger partial charge in [-0.1, -0.05) is 36.8 Å². The van der Waals surface area contributed by atoms with Gasteiger partial charge in [0.15, 0.2) is 0 Å². The van der Waals surface area contributed by atoms with Crippen molar-refractivity contribution in [1.29, 1.82) is 0 Å². The molecular formula is C23H28N2O2. The molecular weight excluding hydrogens is 336 g/mol.